The van der Waals surface area contributed by atoms with Gasteiger partial charge in [-0.15, -0.1) is 0 Å². The Labute approximate surface area is 247 Å². The van der Waals surface area contributed by atoms with Crippen LogP contribution in [0.2, 0.25) is 0 Å². The van der Waals surface area contributed by atoms with E-state index in [2.05, 4.69) is 5.32 Å². The third kappa shape index (κ3) is 7.88. The number of benzene rings is 3. The largest absolute Gasteiger partial charge is 0.494 e. The number of carbonyl (C=O) groups is 2. The lowest BCUT2D eigenvalue weighted by atomic mass is 9.95. The van der Waals surface area contributed by atoms with Crippen molar-refractivity contribution in [2.75, 3.05) is 17.5 Å². The highest BCUT2D eigenvalue weighted by atomic mass is 32.2. The number of rotatable bonds is 12. The predicted octanol–water partition coefficient (Wildman–Crippen LogP) is 5.29. The van der Waals surface area contributed by atoms with Crippen LogP contribution in [0.25, 0.3) is 0 Å². The van der Waals surface area contributed by atoms with Crippen molar-refractivity contribution in [3.63, 3.8) is 0 Å². The molecule has 42 heavy (non-hydrogen) atoms. The van der Waals surface area contributed by atoms with Gasteiger partial charge in [0.2, 0.25) is 11.8 Å². The van der Waals surface area contributed by atoms with Gasteiger partial charge in [-0.05, 0) is 80.8 Å². The Balaban J connectivity index is 1.66. The molecule has 4 rings (SSSR count). The van der Waals surface area contributed by atoms with Gasteiger partial charge in [0.25, 0.3) is 10.0 Å². The Kier molecular flexibility index (Phi) is 10.6. The predicted molar refractivity (Wildman–Crippen MR) is 160 cm³/mol. The van der Waals surface area contributed by atoms with E-state index in [1.54, 1.807) is 61.5 Å². The summed E-state index contributed by atoms with van der Waals surface area (Å²) in [5.41, 5.74) is 0.886. The average Bonchev–Trinajstić information content (AvgIpc) is 3.00. The topological polar surface area (TPSA) is 96.0 Å². The van der Waals surface area contributed by atoms with Crippen LogP contribution >= 0.6 is 0 Å². The van der Waals surface area contributed by atoms with Crippen molar-refractivity contribution >= 4 is 27.5 Å². The molecule has 0 aliphatic heterocycles. The number of anilines is 1. The van der Waals surface area contributed by atoms with E-state index in [-0.39, 0.29) is 29.1 Å². The minimum Gasteiger partial charge on any atom is -0.494 e. The molecule has 1 atom stereocenters. The highest BCUT2D eigenvalue weighted by Gasteiger charge is 2.33. The third-order valence-electron chi connectivity index (χ3n) is 7.43. The smallest absolute Gasteiger partial charge is 0.264 e. The highest BCUT2D eigenvalue weighted by Crippen LogP contribution is 2.27. The molecular formula is C32H38FN3O5S. The van der Waals surface area contributed by atoms with Crippen LogP contribution in [0.3, 0.4) is 0 Å². The maximum Gasteiger partial charge on any atom is 0.264 e. The lowest BCUT2D eigenvalue weighted by Gasteiger charge is -2.33. The number of halogens is 1. The Bertz CT molecular complexity index is 1430. The fourth-order valence-electron chi connectivity index (χ4n) is 5.06. The van der Waals surface area contributed by atoms with E-state index in [0.717, 1.165) is 36.4 Å². The van der Waals surface area contributed by atoms with Gasteiger partial charge in [0.15, 0.2) is 0 Å². The Morgan fingerprint density at radius 1 is 0.952 bits per heavy atom. The molecule has 0 bridgehead atoms. The molecule has 8 nitrogen and oxygen atoms in total. The summed E-state index contributed by atoms with van der Waals surface area (Å²) in [7, 11) is -4.16. The summed E-state index contributed by atoms with van der Waals surface area (Å²) in [5, 5.41) is 3.07. The number of carbonyl (C=O) groups excluding carboxylic acids is 2. The summed E-state index contributed by atoms with van der Waals surface area (Å²) in [6, 6.07) is 19.2. The maximum atomic E-state index is 14.0. The highest BCUT2D eigenvalue weighted by molar-refractivity contribution is 7.92. The molecule has 0 heterocycles. The quantitative estimate of drug-likeness (QED) is 0.307. The molecular weight excluding hydrogens is 557 g/mol. The molecule has 3 aromatic rings. The minimum absolute atomic E-state index is 0.000862. The van der Waals surface area contributed by atoms with Crippen LogP contribution in [0.5, 0.6) is 5.75 Å². The van der Waals surface area contributed by atoms with E-state index < -0.39 is 34.3 Å². The molecule has 0 aromatic heterocycles. The van der Waals surface area contributed by atoms with Crippen LogP contribution in [0.4, 0.5) is 10.1 Å². The van der Waals surface area contributed by atoms with E-state index in [0.29, 0.717) is 17.9 Å². The first kappa shape index (κ1) is 31.0. The molecule has 1 saturated carbocycles. The van der Waals surface area contributed by atoms with E-state index >= 15 is 0 Å². The number of amides is 2. The molecule has 1 aliphatic carbocycles. The van der Waals surface area contributed by atoms with Crippen LogP contribution < -0.4 is 14.4 Å². The van der Waals surface area contributed by atoms with Crippen molar-refractivity contribution in [1.82, 2.24) is 10.2 Å². The van der Waals surface area contributed by atoms with Crippen molar-refractivity contribution in [3.8, 4) is 5.75 Å². The summed E-state index contributed by atoms with van der Waals surface area (Å²) < 4.78 is 47.9. The fraction of sp³-hybridized carbons (Fsp3) is 0.375. The fourth-order valence-corrected chi connectivity index (χ4v) is 6.50. The first-order valence-electron chi connectivity index (χ1n) is 14.3. The van der Waals surface area contributed by atoms with Gasteiger partial charge in [0.1, 0.15) is 24.2 Å². The van der Waals surface area contributed by atoms with Gasteiger partial charge >= 0.3 is 0 Å². The zero-order chi connectivity index (χ0) is 30.1. The zero-order valence-corrected chi connectivity index (χ0v) is 24.9. The molecule has 10 heteroatoms. The van der Waals surface area contributed by atoms with E-state index in [9.17, 15) is 22.4 Å². The molecule has 0 unspecified atom stereocenters. The third-order valence-corrected chi connectivity index (χ3v) is 9.22. The molecule has 2 amide bonds. The second-order valence-electron chi connectivity index (χ2n) is 10.4. The number of nitrogens with zero attached hydrogens (tertiary/aromatic N) is 2. The van der Waals surface area contributed by atoms with E-state index in [4.69, 9.17) is 4.74 Å². The number of sulfonamides is 1. The second-order valence-corrected chi connectivity index (χ2v) is 12.3. The van der Waals surface area contributed by atoms with Crippen molar-refractivity contribution in [3.05, 3.63) is 90.2 Å². The monoisotopic (exact) mass is 595 g/mol. The number of nitrogens with one attached hydrogen (secondary N) is 1. The van der Waals surface area contributed by atoms with Gasteiger partial charge < -0.3 is 15.0 Å². The summed E-state index contributed by atoms with van der Waals surface area (Å²) in [6.45, 7) is 3.38. The van der Waals surface area contributed by atoms with Crippen molar-refractivity contribution in [1.29, 1.82) is 0 Å². The van der Waals surface area contributed by atoms with Gasteiger partial charge in [-0.1, -0.05) is 49.6 Å². The number of hydrogen-bond acceptors (Lipinski definition) is 5. The van der Waals surface area contributed by atoms with E-state index in [1.165, 1.54) is 29.2 Å². The molecule has 0 saturated heterocycles. The van der Waals surface area contributed by atoms with Gasteiger partial charge in [0, 0.05) is 12.6 Å². The number of hydrogen-bond donors (Lipinski definition) is 1. The van der Waals surface area contributed by atoms with Crippen LogP contribution in [-0.4, -0.2) is 50.4 Å². The van der Waals surface area contributed by atoms with Crippen LogP contribution in [0.15, 0.2) is 83.8 Å². The lowest BCUT2D eigenvalue weighted by Crippen LogP contribution is -2.53. The maximum absolute atomic E-state index is 14.0. The second kappa shape index (κ2) is 14.3. The number of ether oxygens (including phenoxy) is 1. The zero-order valence-electron chi connectivity index (χ0n) is 24.0. The van der Waals surface area contributed by atoms with Crippen LogP contribution in [0.1, 0.15) is 51.5 Å². The lowest BCUT2D eigenvalue weighted by molar-refractivity contribution is -0.139. The summed E-state index contributed by atoms with van der Waals surface area (Å²) >= 11 is 0. The average molecular weight is 596 g/mol. The van der Waals surface area contributed by atoms with Crippen molar-refractivity contribution in [2.24, 2.45) is 0 Å². The SMILES string of the molecule is CCOc1ccc(N(CC(=O)N(Cc2ccc(F)cc2)[C@H](C)C(=O)NC2CCCCC2)S(=O)(=O)c2ccccc2)cc1. The van der Waals surface area contributed by atoms with Crippen LogP contribution in [0, 0.1) is 5.82 Å². The Morgan fingerprint density at radius 2 is 1.60 bits per heavy atom. The first-order valence-corrected chi connectivity index (χ1v) is 15.8. The van der Waals surface area contributed by atoms with Crippen LogP contribution in [-0.2, 0) is 26.2 Å². The molecule has 1 fully saturated rings. The standard InChI is InChI=1S/C32H38FN3O5S/c1-3-41-29-20-18-28(19-21-29)36(42(39,40)30-12-8-5-9-13-30)23-31(37)35(22-25-14-16-26(33)17-15-25)24(2)32(38)34-27-10-6-4-7-11-27/h5,8-9,12-21,24,27H,3-4,6-7,10-11,22-23H2,1-2H3,(H,34,38)/t24-/m1/s1. The molecule has 1 N–H and O–H groups in total. The van der Waals surface area contributed by atoms with Crippen molar-refractivity contribution < 1.29 is 27.1 Å². The van der Waals surface area contributed by atoms with Gasteiger partial charge in [-0.3, -0.25) is 13.9 Å². The van der Waals surface area contributed by atoms with Gasteiger partial charge in [0.05, 0.1) is 17.2 Å². The minimum atomic E-state index is -4.16. The summed E-state index contributed by atoms with van der Waals surface area (Å²) in [5.74, 6) is -0.735. The Morgan fingerprint density at radius 3 is 2.21 bits per heavy atom. The molecule has 3 aromatic carbocycles. The Hall–Kier alpha value is -3.92. The molecule has 1 aliphatic rings. The molecule has 224 valence electrons. The van der Waals surface area contributed by atoms with E-state index in [1.807, 2.05) is 6.92 Å². The van der Waals surface area contributed by atoms with Gasteiger partial charge in [-0.2, -0.15) is 0 Å². The first-order chi connectivity index (χ1) is 20.2. The van der Waals surface area contributed by atoms with Crippen molar-refractivity contribution in [2.45, 2.75) is 69.5 Å². The molecule has 0 radical (unpaired) electrons. The summed E-state index contributed by atoms with van der Waals surface area (Å²) in [6.07, 6.45) is 4.96. The normalized spacial score (nSPS) is 14.5. The van der Waals surface area contributed by atoms with Gasteiger partial charge in [-0.25, -0.2) is 12.8 Å². The summed E-state index contributed by atoms with van der Waals surface area (Å²) in [4.78, 5) is 28.8. The molecule has 0 spiro atoms.